The fraction of sp³-hybridized carbons (Fsp3) is 0.533. The molecule has 108 valence electrons. The van der Waals surface area contributed by atoms with Gasteiger partial charge in [0.15, 0.2) is 0 Å². The Morgan fingerprint density at radius 2 is 2.15 bits per heavy atom. The summed E-state index contributed by atoms with van der Waals surface area (Å²) in [6.45, 7) is 6.57. The Bertz CT molecular complexity index is 579. The molecule has 20 heavy (non-hydrogen) atoms. The van der Waals surface area contributed by atoms with Crippen molar-refractivity contribution >= 4 is 38.6 Å². The number of hydrogen-bond donors (Lipinski definition) is 1. The number of aromatic nitrogens is 1. The van der Waals surface area contributed by atoms with E-state index in [2.05, 4.69) is 53.5 Å². The summed E-state index contributed by atoms with van der Waals surface area (Å²) in [6.07, 6.45) is 2.59. The van der Waals surface area contributed by atoms with Crippen molar-refractivity contribution in [2.75, 3.05) is 0 Å². The summed E-state index contributed by atoms with van der Waals surface area (Å²) in [5.41, 5.74) is 1.21. The van der Waals surface area contributed by atoms with Gasteiger partial charge in [-0.05, 0) is 47.7 Å². The fourth-order valence-electron chi connectivity index (χ4n) is 2.08. The summed E-state index contributed by atoms with van der Waals surface area (Å²) in [5.74, 6) is 0.499. The number of nitrogens with zero attached hydrogens (tertiary/aromatic N) is 1. The molecule has 0 aromatic carbocycles. The van der Waals surface area contributed by atoms with E-state index in [0.717, 1.165) is 0 Å². The van der Waals surface area contributed by atoms with Crippen molar-refractivity contribution in [3.63, 3.8) is 0 Å². The maximum atomic E-state index is 4.85. The quantitative estimate of drug-likeness (QED) is 0.777. The van der Waals surface area contributed by atoms with Gasteiger partial charge in [0.2, 0.25) is 0 Å². The third-order valence-corrected chi connectivity index (χ3v) is 6.65. The first kappa shape index (κ1) is 14.7. The van der Waals surface area contributed by atoms with Crippen LogP contribution in [0.2, 0.25) is 0 Å². The predicted octanol–water partition coefficient (Wildman–Crippen LogP) is 5.24. The highest BCUT2D eigenvalue weighted by molar-refractivity contribution is 9.10. The largest absolute Gasteiger partial charge is 0.301 e. The average Bonchev–Trinajstić information content (AvgIpc) is 2.97. The summed E-state index contributed by atoms with van der Waals surface area (Å²) < 4.78 is 1.21. The van der Waals surface area contributed by atoms with Gasteiger partial charge in [0, 0.05) is 25.6 Å². The zero-order valence-corrected chi connectivity index (χ0v) is 15.2. The molecule has 5 heteroatoms. The fourth-order valence-corrected chi connectivity index (χ4v) is 4.84. The monoisotopic (exact) mass is 370 g/mol. The van der Waals surface area contributed by atoms with Crippen molar-refractivity contribution in [3.05, 3.63) is 36.4 Å². The highest BCUT2D eigenvalue weighted by atomic mass is 79.9. The molecule has 2 aromatic heterocycles. The van der Waals surface area contributed by atoms with Crippen LogP contribution in [-0.4, -0.2) is 11.0 Å². The summed E-state index contributed by atoms with van der Waals surface area (Å²) >= 11 is 7.28. The molecule has 0 saturated heterocycles. The van der Waals surface area contributed by atoms with E-state index in [4.69, 9.17) is 4.98 Å². The van der Waals surface area contributed by atoms with Crippen LogP contribution in [0.15, 0.2) is 15.9 Å². The highest BCUT2D eigenvalue weighted by Crippen LogP contribution is 2.37. The van der Waals surface area contributed by atoms with Crippen molar-refractivity contribution in [3.8, 4) is 0 Å². The SMILES string of the molecule is Cc1sc(C(NC2CC2)c2nc(C(C)C)cs2)cc1Br. The number of rotatable bonds is 5. The van der Waals surface area contributed by atoms with Crippen LogP contribution in [0.4, 0.5) is 0 Å². The van der Waals surface area contributed by atoms with E-state index in [1.807, 2.05) is 11.3 Å². The van der Waals surface area contributed by atoms with Gasteiger partial charge in [0.25, 0.3) is 0 Å². The van der Waals surface area contributed by atoms with Gasteiger partial charge >= 0.3 is 0 Å². The molecule has 0 amide bonds. The van der Waals surface area contributed by atoms with Crippen LogP contribution in [0, 0.1) is 6.92 Å². The Hall–Kier alpha value is -0.230. The van der Waals surface area contributed by atoms with E-state index in [1.54, 1.807) is 11.3 Å². The van der Waals surface area contributed by atoms with Crippen LogP contribution in [0.5, 0.6) is 0 Å². The lowest BCUT2D eigenvalue weighted by atomic mass is 10.1. The van der Waals surface area contributed by atoms with Crippen LogP contribution in [0.25, 0.3) is 0 Å². The zero-order chi connectivity index (χ0) is 14.3. The molecule has 1 fully saturated rings. The van der Waals surface area contributed by atoms with Crippen molar-refractivity contribution in [1.82, 2.24) is 10.3 Å². The first-order valence-electron chi connectivity index (χ1n) is 7.01. The van der Waals surface area contributed by atoms with E-state index in [0.29, 0.717) is 12.0 Å². The lowest BCUT2D eigenvalue weighted by Gasteiger charge is -2.14. The van der Waals surface area contributed by atoms with Gasteiger partial charge in [0.05, 0.1) is 11.7 Å². The predicted molar refractivity (Wildman–Crippen MR) is 91.0 cm³/mol. The molecule has 1 aliphatic carbocycles. The van der Waals surface area contributed by atoms with Crippen LogP contribution in [0.3, 0.4) is 0 Å². The van der Waals surface area contributed by atoms with Gasteiger partial charge in [-0.2, -0.15) is 0 Å². The smallest absolute Gasteiger partial charge is 0.115 e. The molecule has 3 rings (SSSR count). The lowest BCUT2D eigenvalue weighted by Crippen LogP contribution is -2.23. The molecular formula is C15H19BrN2S2. The van der Waals surface area contributed by atoms with Crippen LogP contribution < -0.4 is 5.32 Å². The number of thiazole rings is 1. The molecule has 1 atom stereocenters. The third-order valence-electron chi connectivity index (χ3n) is 3.52. The topological polar surface area (TPSA) is 24.9 Å². The lowest BCUT2D eigenvalue weighted by molar-refractivity contribution is 0.603. The average molecular weight is 371 g/mol. The van der Waals surface area contributed by atoms with Gasteiger partial charge in [-0.3, -0.25) is 0 Å². The van der Waals surface area contributed by atoms with E-state index in [-0.39, 0.29) is 6.04 Å². The van der Waals surface area contributed by atoms with Gasteiger partial charge in [0.1, 0.15) is 5.01 Å². The first-order valence-corrected chi connectivity index (χ1v) is 9.50. The number of halogens is 1. The van der Waals surface area contributed by atoms with E-state index >= 15 is 0 Å². The van der Waals surface area contributed by atoms with Crippen LogP contribution in [-0.2, 0) is 0 Å². The van der Waals surface area contributed by atoms with Gasteiger partial charge in [-0.1, -0.05) is 13.8 Å². The number of thiophene rings is 1. The second kappa shape index (κ2) is 5.87. The molecule has 2 heterocycles. The molecule has 1 unspecified atom stereocenters. The summed E-state index contributed by atoms with van der Waals surface area (Å²) in [6, 6.07) is 3.18. The zero-order valence-electron chi connectivity index (χ0n) is 11.9. The Kier molecular flexibility index (Phi) is 4.32. The Morgan fingerprint density at radius 1 is 1.40 bits per heavy atom. The van der Waals surface area contributed by atoms with Crippen LogP contribution in [0.1, 0.15) is 59.1 Å². The van der Waals surface area contributed by atoms with Crippen molar-refractivity contribution in [1.29, 1.82) is 0 Å². The summed E-state index contributed by atoms with van der Waals surface area (Å²) in [7, 11) is 0. The Labute approximate surface area is 136 Å². The maximum Gasteiger partial charge on any atom is 0.115 e. The van der Waals surface area contributed by atoms with E-state index < -0.39 is 0 Å². The van der Waals surface area contributed by atoms with Crippen molar-refractivity contribution in [2.24, 2.45) is 0 Å². The Morgan fingerprint density at radius 3 is 2.65 bits per heavy atom. The van der Waals surface area contributed by atoms with Gasteiger partial charge < -0.3 is 5.32 Å². The molecular weight excluding hydrogens is 352 g/mol. The third kappa shape index (κ3) is 3.16. The molecule has 0 aliphatic heterocycles. The molecule has 0 bridgehead atoms. The Balaban J connectivity index is 1.91. The number of aryl methyl sites for hydroxylation is 1. The molecule has 0 radical (unpaired) electrons. The van der Waals surface area contributed by atoms with Crippen molar-refractivity contribution < 1.29 is 0 Å². The van der Waals surface area contributed by atoms with Gasteiger partial charge in [-0.25, -0.2) is 4.98 Å². The highest BCUT2D eigenvalue weighted by Gasteiger charge is 2.29. The van der Waals surface area contributed by atoms with E-state index in [1.165, 1.54) is 37.8 Å². The number of nitrogens with one attached hydrogen (secondary N) is 1. The van der Waals surface area contributed by atoms with Crippen molar-refractivity contribution in [2.45, 2.75) is 51.6 Å². The molecule has 1 aliphatic rings. The normalized spacial score (nSPS) is 16.9. The second-order valence-corrected chi connectivity index (χ2v) is 8.72. The maximum absolute atomic E-state index is 4.85. The molecule has 2 aromatic rings. The molecule has 1 N–H and O–H groups in total. The number of hydrogen-bond acceptors (Lipinski definition) is 4. The molecule has 0 spiro atoms. The molecule has 1 saturated carbocycles. The second-order valence-electron chi connectivity index (χ2n) is 5.69. The van der Waals surface area contributed by atoms with E-state index in [9.17, 15) is 0 Å². The first-order chi connectivity index (χ1) is 9.54. The summed E-state index contributed by atoms with van der Waals surface area (Å²) in [5, 5.41) is 7.16. The minimum Gasteiger partial charge on any atom is -0.301 e. The molecule has 2 nitrogen and oxygen atoms in total. The van der Waals surface area contributed by atoms with Gasteiger partial charge in [-0.15, -0.1) is 22.7 Å². The summed E-state index contributed by atoms with van der Waals surface area (Å²) in [4.78, 5) is 7.56. The minimum absolute atomic E-state index is 0.259. The van der Waals surface area contributed by atoms with Crippen LogP contribution >= 0.6 is 38.6 Å². The standard InChI is InChI=1S/C15H19BrN2S2/c1-8(2)12-7-19-15(18-12)14(17-10-4-5-10)13-6-11(16)9(3)20-13/h6-8,10,14,17H,4-5H2,1-3H3. The minimum atomic E-state index is 0.259.